The van der Waals surface area contributed by atoms with E-state index in [9.17, 15) is 14.4 Å². The Balaban J connectivity index is 1.57. The minimum absolute atomic E-state index is 0.200. The monoisotopic (exact) mass is 485 g/mol. The zero-order valence-electron chi connectivity index (χ0n) is 18.0. The minimum Gasteiger partial charge on any atom is -0.495 e. The highest BCUT2D eigenvalue weighted by molar-refractivity contribution is 6.33. The second-order valence-corrected chi connectivity index (χ2v) is 9.89. The average Bonchev–Trinajstić information content (AvgIpc) is 3.49. The van der Waals surface area contributed by atoms with Gasteiger partial charge in [0.1, 0.15) is 11.3 Å². The molecule has 0 bridgehead atoms. The lowest BCUT2D eigenvalue weighted by molar-refractivity contribution is -0.135. The molecular formula is C24H21Cl2N3O4. The van der Waals surface area contributed by atoms with E-state index in [1.54, 1.807) is 24.3 Å². The van der Waals surface area contributed by atoms with Gasteiger partial charge in [0.15, 0.2) is 0 Å². The third-order valence-corrected chi connectivity index (χ3v) is 8.39. The summed E-state index contributed by atoms with van der Waals surface area (Å²) in [6.45, 7) is 2.49. The molecule has 0 saturated carbocycles. The van der Waals surface area contributed by atoms with Crippen molar-refractivity contribution in [3.63, 3.8) is 0 Å². The number of hydrogen-bond donors (Lipinski definition) is 1. The zero-order valence-corrected chi connectivity index (χ0v) is 19.5. The Kier molecular flexibility index (Phi) is 4.41. The van der Waals surface area contributed by atoms with Crippen molar-refractivity contribution in [1.29, 1.82) is 0 Å². The average molecular weight is 486 g/mol. The Labute approximate surface area is 200 Å². The molecule has 3 saturated heterocycles. The van der Waals surface area contributed by atoms with Crippen molar-refractivity contribution in [3.05, 3.63) is 51.5 Å². The number of fused-ring (bicyclic) bond motifs is 7. The van der Waals surface area contributed by atoms with Gasteiger partial charge in [-0.25, -0.2) is 4.90 Å². The van der Waals surface area contributed by atoms with Crippen molar-refractivity contribution >= 4 is 52.3 Å². The molecule has 1 spiro atoms. The summed E-state index contributed by atoms with van der Waals surface area (Å²) in [6, 6.07) is 8.21. The number of benzene rings is 2. The van der Waals surface area contributed by atoms with Crippen LogP contribution in [0.3, 0.4) is 0 Å². The SMILES string of the molecule is COc1ccc(Cl)cc1N1C(=O)[C@@H]2[C@H]3CCCN3[C@@]3(C(=O)Nc4c3ccc(Cl)c4C)[C@@H]2C1=O. The number of halogens is 2. The number of ether oxygens (including phenoxy) is 1. The van der Waals surface area contributed by atoms with Gasteiger partial charge in [-0.2, -0.15) is 0 Å². The summed E-state index contributed by atoms with van der Waals surface area (Å²) in [5, 5.41) is 3.92. The molecule has 170 valence electrons. The van der Waals surface area contributed by atoms with E-state index in [1.165, 1.54) is 12.0 Å². The van der Waals surface area contributed by atoms with Crippen LogP contribution in [0.1, 0.15) is 24.0 Å². The van der Waals surface area contributed by atoms with Crippen LogP contribution in [0.4, 0.5) is 11.4 Å². The van der Waals surface area contributed by atoms with Crippen LogP contribution in [0.25, 0.3) is 0 Å². The molecule has 0 radical (unpaired) electrons. The highest BCUT2D eigenvalue weighted by atomic mass is 35.5. The quantitative estimate of drug-likeness (QED) is 0.655. The van der Waals surface area contributed by atoms with Gasteiger partial charge in [0.05, 0.1) is 30.3 Å². The van der Waals surface area contributed by atoms with E-state index in [4.69, 9.17) is 27.9 Å². The third kappa shape index (κ3) is 2.42. The number of imide groups is 1. The molecule has 0 unspecified atom stereocenters. The predicted octanol–water partition coefficient (Wildman–Crippen LogP) is 3.74. The highest BCUT2D eigenvalue weighted by Gasteiger charge is 2.74. The van der Waals surface area contributed by atoms with Gasteiger partial charge in [-0.1, -0.05) is 29.3 Å². The van der Waals surface area contributed by atoms with Crippen LogP contribution >= 0.6 is 23.2 Å². The fourth-order valence-corrected chi connectivity index (χ4v) is 6.79. The number of rotatable bonds is 2. The molecule has 33 heavy (non-hydrogen) atoms. The summed E-state index contributed by atoms with van der Waals surface area (Å²) in [4.78, 5) is 44.9. The molecule has 0 aliphatic carbocycles. The largest absolute Gasteiger partial charge is 0.495 e. The Bertz CT molecular complexity index is 1260. The molecule has 2 aromatic carbocycles. The maximum absolute atomic E-state index is 14.1. The first-order valence-electron chi connectivity index (χ1n) is 10.9. The van der Waals surface area contributed by atoms with Crippen LogP contribution < -0.4 is 15.0 Å². The van der Waals surface area contributed by atoms with Gasteiger partial charge in [-0.3, -0.25) is 19.3 Å². The molecule has 3 amide bonds. The lowest BCUT2D eigenvalue weighted by Gasteiger charge is -2.36. The molecule has 7 nitrogen and oxygen atoms in total. The molecule has 6 rings (SSSR count). The van der Waals surface area contributed by atoms with E-state index in [1.807, 2.05) is 13.0 Å². The van der Waals surface area contributed by atoms with Crippen molar-refractivity contribution < 1.29 is 19.1 Å². The first kappa shape index (κ1) is 21.0. The lowest BCUT2D eigenvalue weighted by Crippen LogP contribution is -2.54. The molecule has 2 aromatic rings. The summed E-state index contributed by atoms with van der Waals surface area (Å²) in [5.41, 5.74) is 1.17. The number of carbonyl (C=O) groups is 3. The molecular weight excluding hydrogens is 465 g/mol. The summed E-state index contributed by atoms with van der Waals surface area (Å²) in [6.07, 6.45) is 1.60. The highest BCUT2D eigenvalue weighted by Crippen LogP contribution is 2.61. The lowest BCUT2D eigenvalue weighted by atomic mass is 9.75. The summed E-state index contributed by atoms with van der Waals surface area (Å²) in [5.74, 6) is -2.10. The van der Waals surface area contributed by atoms with Crippen molar-refractivity contribution in [2.75, 3.05) is 23.9 Å². The van der Waals surface area contributed by atoms with E-state index in [0.717, 1.165) is 24.0 Å². The Morgan fingerprint density at radius 2 is 1.91 bits per heavy atom. The van der Waals surface area contributed by atoms with Crippen molar-refractivity contribution in [1.82, 2.24) is 4.90 Å². The van der Waals surface area contributed by atoms with E-state index in [0.29, 0.717) is 33.7 Å². The predicted molar refractivity (Wildman–Crippen MR) is 124 cm³/mol. The zero-order chi connectivity index (χ0) is 23.2. The summed E-state index contributed by atoms with van der Waals surface area (Å²) < 4.78 is 5.43. The van der Waals surface area contributed by atoms with E-state index in [-0.39, 0.29) is 17.9 Å². The molecule has 9 heteroatoms. The standard InChI is InChI=1S/C24H21Cl2N3O4/c1-11-14(26)7-6-13-20(11)27-23(32)24(13)19-18(15-4-3-9-28(15)24)21(30)29(22(19)31)16-10-12(25)5-8-17(16)33-2/h5-8,10,15,18-19H,3-4,9H2,1-2H3,(H,27,32)/t15-,18-,19+,24-/m1/s1. The smallest absolute Gasteiger partial charge is 0.250 e. The second kappa shape index (κ2) is 6.95. The fourth-order valence-electron chi connectivity index (χ4n) is 6.47. The summed E-state index contributed by atoms with van der Waals surface area (Å²) >= 11 is 12.6. The molecule has 4 atom stereocenters. The van der Waals surface area contributed by atoms with Crippen molar-refractivity contribution in [2.45, 2.75) is 31.3 Å². The van der Waals surface area contributed by atoms with Crippen LogP contribution in [0.5, 0.6) is 5.75 Å². The van der Waals surface area contributed by atoms with Gasteiger partial charge in [0.25, 0.3) is 0 Å². The fraction of sp³-hybridized carbons (Fsp3) is 0.375. The molecule has 4 heterocycles. The Hall–Kier alpha value is -2.61. The van der Waals surface area contributed by atoms with Gasteiger partial charge in [0.2, 0.25) is 17.7 Å². The summed E-state index contributed by atoms with van der Waals surface area (Å²) in [7, 11) is 1.48. The molecule has 0 aromatic heterocycles. The van der Waals surface area contributed by atoms with Gasteiger partial charge < -0.3 is 10.1 Å². The Morgan fingerprint density at radius 1 is 1.12 bits per heavy atom. The maximum atomic E-state index is 14.1. The number of methoxy groups -OCH3 is 1. The molecule has 4 aliphatic rings. The van der Waals surface area contributed by atoms with E-state index in [2.05, 4.69) is 10.2 Å². The number of amides is 3. The number of anilines is 2. The normalized spacial score (nSPS) is 30.1. The molecule has 1 N–H and O–H groups in total. The topological polar surface area (TPSA) is 79.0 Å². The van der Waals surface area contributed by atoms with Gasteiger partial charge >= 0.3 is 0 Å². The van der Waals surface area contributed by atoms with Gasteiger partial charge in [0, 0.05) is 21.7 Å². The van der Waals surface area contributed by atoms with Crippen LogP contribution in [-0.4, -0.2) is 42.3 Å². The van der Waals surface area contributed by atoms with Gasteiger partial charge in [-0.15, -0.1) is 0 Å². The van der Waals surface area contributed by atoms with Crippen molar-refractivity contribution in [3.8, 4) is 5.75 Å². The second-order valence-electron chi connectivity index (χ2n) is 9.05. The number of hydrogen-bond acceptors (Lipinski definition) is 5. The Morgan fingerprint density at radius 3 is 2.67 bits per heavy atom. The van der Waals surface area contributed by atoms with Gasteiger partial charge in [-0.05, 0) is 56.1 Å². The van der Waals surface area contributed by atoms with E-state index < -0.39 is 23.3 Å². The minimum atomic E-state index is -1.25. The van der Waals surface area contributed by atoms with Crippen LogP contribution in [0.2, 0.25) is 10.0 Å². The third-order valence-electron chi connectivity index (χ3n) is 7.74. The van der Waals surface area contributed by atoms with Crippen LogP contribution in [0.15, 0.2) is 30.3 Å². The first-order chi connectivity index (χ1) is 15.8. The number of nitrogens with one attached hydrogen (secondary N) is 1. The van der Waals surface area contributed by atoms with Crippen LogP contribution in [-0.2, 0) is 19.9 Å². The van der Waals surface area contributed by atoms with E-state index >= 15 is 0 Å². The van der Waals surface area contributed by atoms with Crippen LogP contribution in [0, 0.1) is 18.8 Å². The van der Waals surface area contributed by atoms with Crippen molar-refractivity contribution in [2.24, 2.45) is 11.8 Å². The molecule has 4 aliphatic heterocycles. The number of nitrogens with zero attached hydrogens (tertiary/aromatic N) is 2. The molecule has 3 fully saturated rings. The maximum Gasteiger partial charge on any atom is 0.250 e. The number of carbonyl (C=O) groups excluding carboxylic acids is 3. The first-order valence-corrected chi connectivity index (χ1v) is 11.7.